The Bertz CT molecular complexity index is 1250. The van der Waals surface area contributed by atoms with Crippen molar-refractivity contribution in [2.45, 2.75) is 43.7 Å². The van der Waals surface area contributed by atoms with Crippen LogP contribution in [0.2, 0.25) is 0 Å². The number of methoxy groups -OCH3 is 1. The number of ether oxygens (including phenoxy) is 2. The maximum Gasteiger partial charge on any atom is 0.251 e. The fourth-order valence-electron chi connectivity index (χ4n) is 4.94. The summed E-state index contributed by atoms with van der Waals surface area (Å²) in [5.41, 5.74) is 5.16. The van der Waals surface area contributed by atoms with Crippen molar-refractivity contribution in [2.75, 3.05) is 56.2 Å². The maximum atomic E-state index is 12.5. The zero-order valence-corrected chi connectivity index (χ0v) is 23.8. The Morgan fingerprint density at radius 1 is 1.03 bits per heavy atom. The van der Waals surface area contributed by atoms with E-state index < -0.39 is 0 Å². The number of carbonyl (C=O) groups is 1. The highest BCUT2D eigenvalue weighted by Gasteiger charge is 2.22. The molecule has 0 radical (unpaired) electrons. The largest absolute Gasteiger partial charge is 0.497 e. The van der Waals surface area contributed by atoms with Crippen molar-refractivity contribution in [3.8, 4) is 5.75 Å². The van der Waals surface area contributed by atoms with E-state index in [4.69, 9.17) is 19.4 Å². The first-order valence-electron chi connectivity index (χ1n) is 13.6. The molecule has 0 unspecified atom stereocenters. The molecule has 9 heteroatoms. The zero-order valence-electron chi connectivity index (χ0n) is 23.0. The molecule has 206 valence electrons. The van der Waals surface area contributed by atoms with E-state index in [0.29, 0.717) is 12.1 Å². The van der Waals surface area contributed by atoms with Gasteiger partial charge >= 0.3 is 0 Å². The van der Waals surface area contributed by atoms with Crippen molar-refractivity contribution in [2.24, 2.45) is 0 Å². The van der Waals surface area contributed by atoms with Gasteiger partial charge in [0.1, 0.15) is 11.6 Å². The van der Waals surface area contributed by atoms with Gasteiger partial charge in [0.15, 0.2) is 5.16 Å². The summed E-state index contributed by atoms with van der Waals surface area (Å²) in [6.45, 7) is 9.21. The van der Waals surface area contributed by atoms with Crippen LogP contribution in [0.5, 0.6) is 5.75 Å². The molecule has 2 fully saturated rings. The van der Waals surface area contributed by atoms with Gasteiger partial charge in [0.25, 0.3) is 5.91 Å². The molecule has 0 spiro atoms. The third-order valence-corrected chi connectivity index (χ3v) is 8.38. The first-order chi connectivity index (χ1) is 19.0. The number of carbonyl (C=O) groups excluding carboxylic acids is 1. The Morgan fingerprint density at radius 3 is 2.41 bits per heavy atom. The second kappa shape index (κ2) is 12.7. The van der Waals surface area contributed by atoms with Crippen LogP contribution in [0.3, 0.4) is 0 Å². The average molecular weight is 548 g/mol. The summed E-state index contributed by atoms with van der Waals surface area (Å²) < 4.78 is 10.9. The Balaban J connectivity index is 1.16. The van der Waals surface area contributed by atoms with E-state index >= 15 is 0 Å². The number of piperazine rings is 1. The van der Waals surface area contributed by atoms with Gasteiger partial charge in [0.2, 0.25) is 0 Å². The number of anilines is 2. The van der Waals surface area contributed by atoms with Gasteiger partial charge < -0.3 is 24.6 Å². The first-order valence-corrected chi connectivity index (χ1v) is 14.6. The first kappa shape index (κ1) is 27.3. The lowest BCUT2D eigenvalue weighted by molar-refractivity contribution is 0.0858. The lowest BCUT2D eigenvalue weighted by Gasteiger charge is -2.37. The van der Waals surface area contributed by atoms with Crippen molar-refractivity contribution in [3.63, 3.8) is 0 Å². The molecule has 2 aliphatic rings. The number of hydrogen-bond donors (Lipinski definition) is 1. The molecule has 3 heterocycles. The molecule has 1 N–H and O–H groups in total. The molecule has 5 rings (SSSR count). The quantitative estimate of drug-likeness (QED) is 0.307. The third-order valence-electron chi connectivity index (χ3n) is 7.46. The summed E-state index contributed by atoms with van der Waals surface area (Å²) in [5.74, 6) is 2.59. The van der Waals surface area contributed by atoms with E-state index in [9.17, 15) is 4.79 Å². The number of nitrogens with zero attached hydrogens (tertiary/aromatic N) is 4. The van der Waals surface area contributed by atoms with Crippen LogP contribution in [0.1, 0.15) is 40.0 Å². The second-order valence-corrected chi connectivity index (χ2v) is 11.0. The summed E-state index contributed by atoms with van der Waals surface area (Å²) >= 11 is 1.63. The predicted molar refractivity (Wildman–Crippen MR) is 156 cm³/mol. The highest BCUT2D eigenvalue weighted by Crippen LogP contribution is 2.28. The Hall–Kier alpha value is -3.30. The number of rotatable bonds is 9. The molecule has 0 bridgehead atoms. The minimum atomic E-state index is -0.0566. The minimum absolute atomic E-state index is 0.0566. The van der Waals surface area contributed by atoms with E-state index in [-0.39, 0.29) is 12.0 Å². The molecule has 8 nitrogen and oxygen atoms in total. The minimum Gasteiger partial charge on any atom is -0.497 e. The van der Waals surface area contributed by atoms with Crippen LogP contribution < -0.4 is 19.9 Å². The molecular formula is C30H37N5O3S. The molecule has 2 aromatic carbocycles. The van der Waals surface area contributed by atoms with Crippen LogP contribution in [0.4, 0.5) is 11.5 Å². The third kappa shape index (κ3) is 6.83. The topological polar surface area (TPSA) is 79.8 Å². The van der Waals surface area contributed by atoms with Gasteiger partial charge in [-0.1, -0.05) is 23.9 Å². The summed E-state index contributed by atoms with van der Waals surface area (Å²) in [4.78, 5) is 27.0. The van der Waals surface area contributed by atoms with Crippen LogP contribution in [-0.4, -0.2) is 68.4 Å². The summed E-state index contributed by atoms with van der Waals surface area (Å²) in [7, 11) is 1.69. The van der Waals surface area contributed by atoms with E-state index in [0.717, 1.165) is 84.9 Å². The normalized spacial score (nSPS) is 17.4. The van der Waals surface area contributed by atoms with Crippen LogP contribution in [0, 0.1) is 13.8 Å². The smallest absolute Gasteiger partial charge is 0.251 e. The molecule has 3 aromatic rings. The van der Waals surface area contributed by atoms with E-state index in [2.05, 4.69) is 41.1 Å². The highest BCUT2D eigenvalue weighted by molar-refractivity contribution is 7.98. The zero-order chi connectivity index (χ0) is 27.2. The second-order valence-electron chi connectivity index (χ2n) is 10.0. The van der Waals surface area contributed by atoms with Crippen molar-refractivity contribution >= 4 is 29.2 Å². The van der Waals surface area contributed by atoms with Crippen LogP contribution in [0.15, 0.2) is 53.7 Å². The van der Waals surface area contributed by atoms with Crippen molar-refractivity contribution in [3.05, 3.63) is 70.9 Å². The monoisotopic (exact) mass is 547 g/mol. The molecule has 2 aliphatic heterocycles. The van der Waals surface area contributed by atoms with Crippen molar-refractivity contribution < 1.29 is 14.3 Å². The Morgan fingerprint density at radius 2 is 1.74 bits per heavy atom. The molecule has 1 atom stereocenters. The number of nitrogens with one attached hydrogen (secondary N) is 1. The number of amides is 1. The highest BCUT2D eigenvalue weighted by atomic mass is 32.2. The van der Waals surface area contributed by atoms with Gasteiger partial charge in [-0.05, 0) is 68.7 Å². The van der Waals surface area contributed by atoms with Gasteiger partial charge in [-0.25, -0.2) is 9.97 Å². The Kier molecular flexibility index (Phi) is 8.88. The number of hydrogen-bond acceptors (Lipinski definition) is 8. The lowest BCUT2D eigenvalue weighted by atomic mass is 10.1. The van der Waals surface area contributed by atoms with Gasteiger partial charge in [-0.3, -0.25) is 4.79 Å². The van der Waals surface area contributed by atoms with Crippen LogP contribution >= 0.6 is 11.8 Å². The molecule has 1 aromatic heterocycles. The fourth-order valence-corrected chi connectivity index (χ4v) is 5.79. The lowest BCUT2D eigenvalue weighted by Crippen LogP contribution is -2.47. The summed E-state index contributed by atoms with van der Waals surface area (Å²) in [6.07, 6.45) is 2.23. The van der Waals surface area contributed by atoms with Gasteiger partial charge in [0.05, 0.1) is 13.2 Å². The Labute approximate surface area is 235 Å². The number of aryl methyl sites for hydroxylation is 1. The summed E-state index contributed by atoms with van der Waals surface area (Å²) in [6, 6.07) is 16.0. The van der Waals surface area contributed by atoms with E-state index in [1.165, 1.54) is 5.69 Å². The number of thioether (sulfide) groups is 1. The van der Waals surface area contributed by atoms with E-state index in [1.807, 2.05) is 36.4 Å². The van der Waals surface area contributed by atoms with Gasteiger partial charge in [0, 0.05) is 67.6 Å². The molecule has 2 saturated heterocycles. The predicted octanol–water partition coefficient (Wildman–Crippen LogP) is 4.63. The SMILES string of the molecule is COc1ccc(N2CCN(c3nc(SCc4ccc(C(=O)NC[C@H]5CCCO5)cc4)nc(C)c3C)CC2)cc1. The maximum absolute atomic E-state index is 12.5. The number of aromatic nitrogens is 2. The standard InChI is InChI=1S/C30H37N5O3S/c1-21-22(2)32-30(33-28(21)35-16-14-34(15-17-35)25-10-12-26(37-3)13-11-25)39-20-23-6-8-24(9-7-23)29(36)31-19-27-5-4-18-38-27/h6-13,27H,4-5,14-20H2,1-3H3,(H,31,36)/t27-/m1/s1. The molecule has 0 aliphatic carbocycles. The van der Waals surface area contributed by atoms with E-state index in [1.54, 1.807) is 18.9 Å². The van der Waals surface area contributed by atoms with Crippen molar-refractivity contribution in [1.82, 2.24) is 15.3 Å². The van der Waals surface area contributed by atoms with Crippen LogP contribution in [0.25, 0.3) is 0 Å². The van der Waals surface area contributed by atoms with Gasteiger partial charge in [-0.2, -0.15) is 0 Å². The van der Waals surface area contributed by atoms with Gasteiger partial charge in [-0.15, -0.1) is 0 Å². The average Bonchev–Trinajstić information content (AvgIpc) is 3.51. The molecule has 39 heavy (non-hydrogen) atoms. The summed E-state index contributed by atoms with van der Waals surface area (Å²) in [5, 5.41) is 3.76. The van der Waals surface area contributed by atoms with Crippen LogP contribution in [-0.2, 0) is 10.5 Å². The van der Waals surface area contributed by atoms with Crippen molar-refractivity contribution in [1.29, 1.82) is 0 Å². The molecule has 0 saturated carbocycles. The molecule has 1 amide bonds. The fraction of sp³-hybridized carbons (Fsp3) is 0.433. The number of benzene rings is 2. The molecular weight excluding hydrogens is 510 g/mol.